The SMILES string of the molecule is C(#Cc1c(-c2ccsc2)[nH]c(Cc2ccsc2)c1-c1ccsc1)c1ccsc1. The Morgan fingerprint density at radius 3 is 2.11 bits per heavy atom. The fraction of sp³-hybridized carbons (Fsp3) is 0.0435. The molecule has 0 atom stereocenters. The quantitative estimate of drug-likeness (QED) is 0.281. The molecule has 0 saturated heterocycles. The molecule has 5 rings (SSSR count). The van der Waals surface area contributed by atoms with Gasteiger partial charge in [0, 0.05) is 39.6 Å². The molecule has 5 heterocycles. The molecule has 0 aliphatic rings. The molecule has 0 unspecified atom stereocenters. The maximum Gasteiger partial charge on any atom is 0.0630 e. The van der Waals surface area contributed by atoms with E-state index in [0.717, 1.165) is 23.2 Å². The molecule has 0 aliphatic heterocycles. The maximum absolute atomic E-state index is 3.73. The number of hydrogen-bond donors (Lipinski definition) is 1. The van der Waals surface area contributed by atoms with Gasteiger partial charge in [0.2, 0.25) is 0 Å². The Labute approximate surface area is 180 Å². The number of H-pyrrole nitrogens is 1. The standard InChI is InChI=1S/C23H15NS4/c1(16-3-7-25-12-16)2-20-22(18-5-9-27-14-18)21(11-17-4-8-26-13-17)24-23(20)19-6-10-28-15-19/h3-10,12-15,24H,11H2. The first-order valence-corrected chi connectivity index (χ1v) is 12.5. The van der Waals surface area contributed by atoms with Crippen molar-refractivity contribution in [1.82, 2.24) is 4.98 Å². The summed E-state index contributed by atoms with van der Waals surface area (Å²) in [4.78, 5) is 3.73. The molecule has 136 valence electrons. The average Bonchev–Trinajstić information content (AvgIpc) is 3.53. The molecule has 0 saturated carbocycles. The summed E-state index contributed by atoms with van der Waals surface area (Å²) in [6, 6.07) is 8.63. The van der Waals surface area contributed by atoms with Crippen LogP contribution in [0, 0.1) is 11.8 Å². The predicted molar refractivity (Wildman–Crippen MR) is 125 cm³/mol. The minimum atomic E-state index is 0.881. The van der Waals surface area contributed by atoms with Crippen molar-refractivity contribution in [2.24, 2.45) is 0 Å². The molecule has 1 N–H and O–H groups in total. The maximum atomic E-state index is 3.73. The molecule has 0 bridgehead atoms. The van der Waals surface area contributed by atoms with Gasteiger partial charge in [0.15, 0.2) is 0 Å². The molecule has 0 amide bonds. The smallest absolute Gasteiger partial charge is 0.0630 e. The summed E-state index contributed by atoms with van der Waals surface area (Å²) < 4.78 is 0. The van der Waals surface area contributed by atoms with Gasteiger partial charge in [-0.15, -0.1) is 0 Å². The molecule has 0 aliphatic carbocycles. The number of rotatable bonds is 4. The van der Waals surface area contributed by atoms with E-state index in [1.165, 1.54) is 27.9 Å². The van der Waals surface area contributed by atoms with Gasteiger partial charge in [0.25, 0.3) is 0 Å². The Kier molecular flexibility index (Phi) is 5.03. The summed E-state index contributed by atoms with van der Waals surface area (Å²) in [6.45, 7) is 0. The van der Waals surface area contributed by atoms with Crippen LogP contribution in [0.4, 0.5) is 0 Å². The van der Waals surface area contributed by atoms with E-state index >= 15 is 0 Å². The molecule has 0 aromatic carbocycles. The molecule has 5 heteroatoms. The van der Waals surface area contributed by atoms with Gasteiger partial charge in [-0.05, 0) is 67.7 Å². The second kappa shape index (κ2) is 7.94. The van der Waals surface area contributed by atoms with Crippen LogP contribution in [0.1, 0.15) is 22.4 Å². The Balaban J connectivity index is 1.72. The Bertz CT molecular complexity index is 1210. The summed E-state index contributed by atoms with van der Waals surface area (Å²) in [6.07, 6.45) is 0.881. The summed E-state index contributed by atoms with van der Waals surface area (Å²) >= 11 is 6.86. The van der Waals surface area contributed by atoms with E-state index in [2.05, 4.69) is 84.1 Å². The highest BCUT2D eigenvalue weighted by Crippen LogP contribution is 2.38. The third kappa shape index (κ3) is 3.52. The molecule has 5 aromatic heterocycles. The number of nitrogens with one attached hydrogen (secondary N) is 1. The normalized spacial score (nSPS) is 10.7. The van der Waals surface area contributed by atoms with Crippen molar-refractivity contribution >= 4 is 45.3 Å². The number of aromatic amines is 1. The van der Waals surface area contributed by atoms with Gasteiger partial charge in [-0.1, -0.05) is 11.8 Å². The van der Waals surface area contributed by atoms with Crippen molar-refractivity contribution in [1.29, 1.82) is 0 Å². The summed E-state index contributed by atoms with van der Waals surface area (Å²) in [7, 11) is 0. The Morgan fingerprint density at radius 2 is 1.43 bits per heavy atom. The molecule has 0 spiro atoms. The third-order valence-corrected chi connectivity index (χ3v) is 7.29. The summed E-state index contributed by atoms with van der Waals surface area (Å²) in [5.41, 5.74) is 9.51. The first-order chi connectivity index (χ1) is 13.9. The highest BCUT2D eigenvalue weighted by atomic mass is 32.1. The highest BCUT2D eigenvalue weighted by Gasteiger charge is 2.20. The van der Waals surface area contributed by atoms with E-state index in [-0.39, 0.29) is 0 Å². The van der Waals surface area contributed by atoms with Crippen LogP contribution < -0.4 is 0 Å². The molecule has 0 radical (unpaired) electrons. The minimum absolute atomic E-state index is 0.881. The van der Waals surface area contributed by atoms with Crippen LogP contribution >= 0.6 is 45.3 Å². The van der Waals surface area contributed by atoms with Crippen LogP contribution in [0.2, 0.25) is 0 Å². The van der Waals surface area contributed by atoms with Gasteiger partial charge in [-0.3, -0.25) is 0 Å². The van der Waals surface area contributed by atoms with Crippen molar-refractivity contribution in [3.8, 4) is 34.2 Å². The molecule has 0 fully saturated rings. The zero-order chi connectivity index (χ0) is 18.8. The Morgan fingerprint density at radius 1 is 0.714 bits per heavy atom. The Hall–Kier alpha value is -2.36. The van der Waals surface area contributed by atoms with Crippen molar-refractivity contribution < 1.29 is 0 Å². The second-order valence-corrected chi connectivity index (χ2v) is 9.44. The average molecular weight is 434 g/mol. The lowest BCUT2D eigenvalue weighted by Gasteiger charge is -2.02. The van der Waals surface area contributed by atoms with Gasteiger partial charge < -0.3 is 4.98 Å². The first kappa shape index (κ1) is 17.7. The van der Waals surface area contributed by atoms with E-state index in [0.29, 0.717) is 0 Å². The fourth-order valence-corrected chi connectivity index (χ4v) is 5.78. The number of thiophene rings is 4. The second-order valence-electron chi connectivity index (χ2n) is 6.32. The molecular weight excluding hydrogens is 419 g/mol. The van der Waals surface area contributed by atoms with Gasteiger partial charge in [0.1, 0.15) is 0 Å². The van der Waals surface area contributed by atoms with Crippen molar-refractivity contribution in [2.75, 3.05) is 0 Å². The fourth-order valence-electron chi connectivity index (χ4n) is 3.23. The summed E-state index contributed by atoms with van der Waals surface area (Å²) in [5.74, 6) is 6.87. The lowest BCUT2D eigenvalue weighted by atomic mass is 9.99. The van der Waals surface area contributed by atoms with Gasteiger partial charge in [0.05, 0.1) is 11.3 Å². The predicted octanol–water partition coefficient (Wildman–Crippen LogP) is 7.59. The van der Waals surface area contributed by atoms with Crippen LogP contribution in [0.5, 0.6) is 0 Å². The van der Waals surface area contributed by atoms with E-state index in [1.54, 1.807) is 45.3 Å². The molecular formula is C23H15NS4. The first-order valence-electron chi connectivity index (χ1n) is 8.74. The van der Waals surface area contributed by atoms with Crippen LogP contribution in [0.3, 0.4) is 0 Å². The molecule has 28 heavy (non-hydrogen) atoms. The van der Waals surface area contributed by atoms with Gasteiger partial charge in [-0.25, -0.2) is 0 Å². The molecule has 1 nitrogen and oxygen atoms in total. The van der Waals surface area contributed by atoms with E-state index in [4.69, 9.17) is 0 Å². The van der Waals surface area contributed by atoms with Crippen molar-refractivity contribution in [3.63, 3.8) is 0 Å². The zero-order valence-corrected chi connectivity index (χ0v) is 18.0. The lowest BCUT2D eigenvalue weighted by Crippen LogP contribution is -1.89. The number of hydrogen-bond acceptors (Lipinski definition) is 4. The highest BCUT2D eigenvalue weighted by molar-refractivity contribution is 7.08. The van der Waals surface area contributed by atoms with Crippen LogP contribution in [-0.4, -0.2) is 4.98 Å². The zero-order valence-electron chi connectivity index (χ0n) is 14.8. The van der Waals surface area contributed by atoms with Crippen LogP contribution in [-0.2, 0) is 6.42 Å². The summed E-state index contributed by atoms with van der Waals surface area (Å²) in [5, 5.41) is 17.2. The van der Waals surface area contributed by atoms with Crippen LogP contribution in [0.15, 0.2) is 67.3 Å². The van der Waals surface area contributed by atoms with Crippen LogP contribution in [0.25, 0.3) is 22.4 Å². The van der Waals surface area contributed by atoms with E-state index < -0.39 is 0 Å². The van der Waals surface area contributed by atoms with Gasteiger partial charge >= 0.3 is 0 Å². The van der Waals surface area contributed by atoms with E-state index in [9.17, 15) is 0 Å². The third-order valence-electron chi connectivity index (χ3n) is 4.51. The molecule has 5 aromatic rings. The number of aromatic nitrogens is 1. The van der Waals surface area contributed by atoms with Gasteiger partial charge in [-0.2, -0.15) is 45.3 Å². The largest absolute Gasteiger partial charge is 0.357 e. The monoisotopic (exact) mass is 433 g/mol. The topological polar surface area (TPSA) is 15.8 Å². The van der Waals surface area contributed by atoms with Crippen molar-refractivity contribution in [2.45, 2.75) is 6.42 Å². The van der Waals surface area contributed by atoms with E-state index in [1.807, 2.05) is 0 Å². The lowest BCUT2D eigenvalue weighted by molar-refractivity contribution is 1.12. The van der Waals surface area contributed by atoms with Crippen molar-refractivity contribution in [3.05, 3.63) is 89.7 Å². The minimum Gasteiger partial charge on any atom is -0.357 e.